The first-order valence-electron chi connectivity index (χ1n) is 9.63. The van der Waals surface area contributed by atoms with Gasteiger partial charge in [-0.15, -0.1) is 0 Å². The molecule has 1 saturated heterocycles. The fourth-order valence-corrected chi connectivity index (χ4v) is 4.62. The number of carbonyl (C=O) groups is 1. The molecule has 0 aliphatic carbocycles. The number of hydrogen-bond donors (Lipinski definition) is 1. The number of amides is 1. The summed E-state index contributed by atoms with van der Waals surface area (Å²) >= 11 is 0. The van der Waals surface area contributed by atoms with E-state index >= 15 is 4.39 Å². The molecule has 0 radical (unpaired) electrons. The minimum absolute atomic E-state index is 0.0843. The van der Waals surface area contributed by atoms with Gasteiger partial charge in [0.1, 0.15) is 11.6 Å². The topological polar surface area (TPSA) is 75.7 Å². The predicted molar refractivity (Wildman–Crippen MR) is 109 cm³/mol. The van der Waals surface area contributed by atoms with E-state index in [4.69, 9.17) is 4.74 Å². The highest BCUT2D eigenvalue weighted by molar-refractivity contribution is 7.88. The van der Waals surface area contributed by atoms with E-state index in [-0.39, 0.29) is 18.6 Å². The van der Waals surface area contributed by atoms with E-state index in [2.05, 4.69) is 4.72 Å². The van der Waals surface area contributed by atoms with Crippen LogP contribution >= 0.6 is 0 Å². The molecule has 2 atom stereocenters. The molecular formula is C21H24F2N2O4S. The first-order valence-corrected chi connectivity index (χ1v) is 11.5. The first-order chi connectivity index (χ1) is 14.2. The summed E-state index contributed by atoms with van der Waals surface area (Å²) in [5.41, 5.74) is 0.937. The number of likely N-dealkylation sites (tertiary alicyclic amines) is 1. The highest BCUT2D eigenvalue weighted by Crippen LogP contribution is 2.29. The fourth-order valence-electron chi connectivity index (χ4n) is 3.79. The highest BCUT2D eigenvalue weighted by atomic mass is 32.2. The molecule has 1 heterocycles. The summed E-state index contributed by atoms with van der Waals surface area (Å²) in [4.78, 5) is 13.8. The van der Waals surface area contributed by atoms with Gasteiger partial charge in [0.2, 0.25) is 10.0 Å². The van der Waals surface area contributed by atoms with Gasteiger partial charge in [-0.1, -0.05) is 30.3 Å². The largest absolute Gasteiger partial charge is 0.450 e. The van der Waals surface area contributed by atoms with Crippen molar-refractivity contribution in [2.24, 2.45) is 0 Å². The second-order valence-electron chi connectivity index (χ2n) is 7.24. The van der Waals surface area contributed by atoms with Crippen LogP contribution in [0.15, 0.2) is 42.5 Å². The zero-order valence-corrected chi connectivity index (χ0v) is 17.6. The Kier molecular flexibility index (Phi) is 6.72. The van der Waals surface area contributed by atoms with Gasteiger partial charge in [-0.3, -0.25) is 0 Å². The second-order valence-corrected chi connectivity index (χ2v) is 9.02. The molecule has 1 N–H and O–H groups in total. The Balaban J connectivity index is 1.94. The Bertz CT molecular complexity index is 1030. The maximum atomic E-state index is 15.3. The Hall–Kier alpha value is -2.52. The lowest BCUT2D eigenvalue weighted by molar-refractivity contribution is 0.101. The smallest absolute Gasteiger partial charge is 0.410 e. The summed E-state index contributed by atoms with van der Waals surface area (Å²) in [5, 5.41) is 0. The summed E-state index contributed by atoms with van der Waals surface area (Å²) in [6, 6.07) is 9.25. The van der Waals surface area contributed by atoms with Crippen molar-refractivity contribution in [1.29, 1.82) is 0 Å². The summed E-state index contributed by atoms with van der Waals surface area (Å²) in [7, 11) is -3.52. The SMILES string of the molecule is CCOC(=O)N1CCC(NS(C)(=O)=O)C1Cc1cccc(-c2cccc(F)c2)c1F. The van der Waals surface area contributed by atoms with E-state index in [9.17, 15) is 17.6 Å². The average Bonchev–Trinajstić information content (AvgIpc) is 3.04. The Labute approximate surface area is 174 Å². The molecule has 2 aromatic carbocycles. The molecule has 1 fully saturated rings. The number of nitrogens with zero attached hydrogens (tertiary/aromatic N) is 1. The standard InChI is InChI=1S/C21H24F2N2O4S/c1-3-29-21(26)25-11-10-18(24-30(2,27)28)19(25)13-15-7-5-9-17(20(15)23)14-6-4-8-16(22)12-14/h4-9,12,18-19,24H,3,10-11,13H2,1-2H3. The van der Waals surface area contributed by atoms with Gasteiger partial charge in [0.05, 0.1) is 18.9 Å². The van der Waals surface area contributed by atoms with Crippen LogP contribution in [0.3, 0.4) is 0 Å². The van der Waals surface area contributed by atoms with Gasteiger partial charge in [-0.2, -0.15) is 0 Å². The van der Waals surface area contributed by atoms with Crippen LogP contribution in [0.4, 0.5) is 13.6 Å². The van der Waals surface area contributed by atoms with Crippen LogP contribution in [0.5, 0.6) is 0 Å². The van der Waals surface area contributed by atoms with Crippen molar-refractivity contribution in [1.82, 2.24) is 9.62 Å². The van der Waals surface area contributed by atoms with Crippen molar-refractivity contribution < 1.29 is 26.7 Å². The van der Waals surface area contributed by atoms with E-state index in [0.717, 1.165) is 6.26 Å². The van der Waals surface area contributed by atoms with Gasteiger partial charge in [0.25, 0.3) is 0 Å². The number of sulfonamides is 1. The molecule has 0 saturated carbocycles. The molecule has 2 aromatic rings. The van der Waals surface area contributed by atoms with E-state index in [1.807, 2.05) is 0 Å². The summed E-state index contributed by atoms with van der Waals surface area (Å²) < 4.78 is 60.0. The maximum Gasteiger partial charge on any atom is 0.410 e. The van der Waals surface area contributed by atoms with Crippen molar-refractivity contribution in [2.45, 2.75) is 31.8 Å². The molecule has 30 heavy (non-hydrogen) atoms. The normalized spacial score (nSPS) is 19.1. The molecule has 1 aliphatic heterocycles. The van der Waals surface area contributed by atoms with Crippen molar-refractivity contribution in [3.05, 3.63) is 59.7 Å². The lowest BCUT2D eigenvalue weighted by Gasteiger charge is -2.28. The van der Waals surface area contributed by atoms with Gasteiger partial charge in [-0.05, 0) is 43.0 Å². The molecule has 0 aromatic heterocycles. The molecule has 2 unspecified atom stereocenters. The highest BCUT2D eigenvalue weighted by Gasteiger charge is 2.39. The van der Waals surface area contributed by atoms with Crippen LogP contribution in [0.2, 0.25) is 0 Å². The first kappa shape index (κ1) is 22.2. The van der Waals surface area contributed by atoms with Crippen molar-refractivity contribution >= 4 is 16.1 Å². The van der Waals surface area contributed by atoms with Crippen LogP contribution in [0.25, 0.3) is 11.1 Å². The molecule has 0 spiro atoms. The van der Waals surface area contributed by atoms with Crippen molar-refractivity contribution in [2.75, 3.05) is 19.4 Å². The lowest BCUT2D eigenvalue weighted by Crippen LogP contribution is -2.47. The van der Waals surface area contributed by atoms with E-state index in [1.54, 1.807) is 31.2 Å². The van der Waals surface area contributed by atoms with Crippen LogP contribution in [0, 0.1) is 11.6 Å². The Morgan fingerprint density at radius 3 is 2.63 bits per heavy atom. The molecule has 0 bridgehead atoms. The van der Waals surface area contributed by atoms with E-state index in [1.165, 1.54) is 23.1 Å². The van der Waals surface area contributed by atoms with Gasteiger partial charge < -0.3 is 9.64 Å². The summed E-state index contributed by atoms with van der Waals surface area (Å²) in [5.74, 6) is -1.00. The molecule has 162 valence electrons. The third-order valence-electron chi connectivity index (χ3n) is 5.06. The quantitative estimate of drug-likeness (QED) is 0.751. The van der Waals surface area contributed by atoms with E-state index < -0.39 is 39.8 Å². The Morgan fingerprint density at radius 1 is 1.23 bits per heavy atom. The molecule has 9 heteroatoms. The van der Waals surface area contributed by atoms with Crippen molar-refractivity contribution in [3.8, 4) is 11.1 Å². The maximum absolute atomic E-state index is 15.3. The lowest BCUT2D eigenvalue weighted by atomic mass is 9.96. The number of nitrogens with one attached hydrogen (secondary N) is 1. The molecular weight excluding hydrogens is 414 g/mol. The number of benzene rings is 2. The predicted octanol–water partition coefficient (Wildman–Crippen LogP) is 3.32. The Morgan fingerprint density at radius 2 is 1.97 bits per heavy atom. The number of ether oxygens (including phenoxy) is 1. The molecule has 3 rings (SSSR count). The van der Waals surface area contributed by atoms with Crippen LogP contribution in [-0.4, -0.2) is 50.9 Å². The summed E-state index contributed by atoms with van der Waals surface area (Å²) in [6.07, 6.45) is 0.951. The monoisotopic (exact) mass is 438 g/mol. The minimum Gasteiger partial charge on any atom is -0.450 e. The zero-order chi connectivity index (χ0) is 21.9. The van der Waals surface area contributed by atoms with Gasteiger partial charge >= 0.3 is 6.09 Å². The third kappa shape index (κ3) is 5.14. The van der Waals surface area contributed by atoms with E-state index in [0.29, 0.717) is 24.1 Å². The summed E-state index contributed by atoms with van der Waals surface area (Å²) in [6.45, 7) is 2.15. The zero-order valence-electron chi connectivity index (χ0n) is 16.8. The van der Waals surface area contributed by atoms with Crippen LogP contribution < -0.4 is 4.72 Å². The second kappa shape index (κ2) is 9.09. The van der Waals surface area contributed by atoms with Gasteiger partial charge in [-0.25, -0.2) is 26.7 Å². The van der Waals surface area contributed by atoms with Crippen molar-refractivity contribution in [3.63, 3.8) is 0 Å². The number of rotatable bonds is 6. The average molecular weight is 438 g/mol. The fraction of sp³-hybridized carbons (Fsp3) is 0.381. The molecule has 1 aliphatic rings. The number of hydrogen-bond acceptors (Lipinski definition) is 4. The minimum atomic E-state index is -3.52. The van der Waals surface area contributed by atoms with Gasteiger partial charge in [0, 0.05) is 18.2 Å². The number of halogens is 2. The van der Waals surface area contributed by atoms with Crippen LogP contribution in [0.1, 0.15) is 18.9 Å². The van der Waals surface area contributed by atoms with Crippen LogP contribution in [-0.2, 0) is 21.2 Å². The number of carbonyl (C=O) groups excluding carboxylic acids is 1. The third-order valence-corrected chi connectivity index (χ3v) is 5.79. The molecule has 6 nitrogen and oxygen atoms in total. The molecule has 1 amide bonds. The van der Waals surface area contributed by atoms with Gasteiger partial charge in [0.15, 0.2) is 0 Å².